The molecule has 0 bridgehead atoms. The van der Waals surface area contributed by atoms with Gasteiger partial charge in [-0.1, -0.05) is 54.6 Å². The van der Waals surface area contributed by atoms with Crippen LogP contribution in [0.4, 0.5) is 10.5 Å². The minimum Gasteiger partial charge on any atom is -0.508 e. The molecule has 0 aliphatic carbocycles. The van der Waals surface area contributed by atoms with E-state index < -0.39 is 35.6 Å². The first-order chi connectivity index (χ1) is 19.0. The second kappa shape index (κ2) is 13.9. The van der Waals surface area contributed by atoms with Gasteiger partial charge in [0.2, 0.25) is 5.91 Å². The number of alkyl carbamates (subject to hydrolysis) is 1. The zero-order valence-corrected chi connectivity index (χ0v) is 24.2. The van der Waals surface area contributed by atoms with Crippen LogP contribution in [0.5, 0.6) is 5.75 Å². The zero-order valence-electron chi connectivity index (χ0n) is 23.3. The van der Waals surface area contributed by atoms with Crippen molar-refractivity contribution in [2.45, 2.75) is 44.9 Å². The average Bonchev–Trinajstić information content (AvgIpc) is 2.90. The number of rotatable bonds is 11. The van der Waals surface area contributed by atoms with Crippen molar-refractivity contribution in [2.24, 2.45) is 0 Å². The van der Waals surface area contributed by atoms with Crippen molar-refractivity contribution in [1.29, 1.82) is 0 Å². The SMILES string of the molecule is C=CCN(C(=O)C(CCSC)NC(=O)OC(C)(C)C)C(C(=O)Nc1ccc2ccccc2c1)c1ccccc1O. The van der Waals surface area contributed by atoms with E-state index >= 15 is 0 Å². The van der Waals surface area contributed by atoms with E-state index in [0.29, 0.717) is 17.9 Å². The van der Waals surface area contributed by atoms with Gasteiger partial charge in [0, 0.05) is 17.8 Å². The first-order valence-corrected chi connectivity index (χ1v) is 14.4. The van der Waals surface area contributed by atoms with Crippen LogP contribution in [-0.4, -0.2) is 58.1 Å². The number of nitrogens with one attached hydrogen (secondary N) is 2. The number of carbonyl (C=O) groups excluding carboxylic acids is 3. The van der Waals surface area contributed by atoms with Gasteiger partial charge in [0.15, 0.2) is 0 Å². The van der Waals surface area contributed by atoms with Crippen molar-refractivity contribution < 1.29 is 24.2 Å². The first-order valence-electron chi connectivity index (χ1n) is 13.0. The molecule has 0 spiro atoms. The van der Waals surface area contributed by atoms with Crippen LogP contribution in [0, 0.1) is 0 Å². The molecule has 212 valence electrons. The van der Waals surface area contributed by atoms with Crippen LogP contribution in [0.1, 0.15) is 38.8 Å². The van der Waals surface area contributed by atoms with Gasteiger partial charge >= 0.3 is 6.09 Å². The quantitative estimate of drug-likeness (QED) is 0.251. The van der Waals surface area contributed by atoms with E-state index in [0.717, 1.165) is 10.8 Å². The molecule has 40 heavy (non-hydrogen) atoms. The van der Waals surface area contributed by atoms with E-state index in [1.165, 1.54) is 28.8 Å². The Kier molecular flexibility index (Phi) is 10.6. The van der Waals surface area contributed by atoms with Gasteiger partial charge < -0.3 is 25.4 Å². The molecule has 0 saturated carbocycles. The number of phenols is 1. The molecule has 9 heteroatoms. The van der Waals surface area contributed by atoms with Crippen LogP contribution < -0.4 is 10.6 Å². The standard InChI is InChI=1S/C31H37N3O5S/c1-6-18-34(29(37)25(17-19-40-5)33-30(38)39-31(2,3)4)27(24-13-9-10-14-26(24)35)28(36)32-23-16-15-21-11-7-8-12-22(21)20-23/h6-16,20,25,27,35H,1,17-19H2,2-5H3,(H,32,36)(H,33,38). The number of thioether (sulfide) groups is 1. The molecule has 0 aliphatic rings. The van der Waals surface area contributed by atoms with Crippen molar-refractivity contribution >= 4 is 46.1 Å². The number of amides is 3. The Labute approximate surface area is 239 Å². The molecule has 3 rings (SSSR count). The van der Waals surface area contributed by atoms with Crippen LogP contribution in [0.25, 0.3) is 10.8 Å². The summed E-state index contributed by atoms with van der Waals surface area (Å²) in [5, 5.41) is 18.3. The second-order valence-corrected chi connectivity index (χ2v) is 11.3. The minimum atomic E-state index is -1.21. The van der Waals surface area contributed by atoms with Crippen molar-refractivity contribution in [3.8, 4) is 5.75 Å². The molecule has 3 amide bonds. The maximum Gasteiger partial charge on any atom is 0.408 e. The van der Waals surface area contributed by atoms with Crippen LogP contribution in [0.2, 0.25) is 0 Å². The monoisotopic (exact) mass is 563 g/mol. The molecule has 2 atom stereocenters. The fourth-order valence-electron chi connectivity index (χ4n) is 4.25. The second-order valence-electron chi connectivity index (χ2n) is 10.3. The molecule has 0 radical (unpaired) electrons. The Hall–Kier alpha value is -3.98. The van der Waals surface area contributed by atoms with Crippen LogP contribution in [-0.2, 0) is 14.3 Å². The lowest BCUT2D eigenvalue weighted by Gasteiger charge is -2.34. The van der Waals surface area contributed by atoms with E-state index in [-0.39, 0.29) is 17.9 Å². The van der Waals surface area contributed by atoms with Gasteiger partial charge in [0.25, 0.3) is 5.91 Å². The fourth-order valence-corrected chi connectivity index (χ4v) is 4.72. The van der Waals surface area contributed by atoms with Crippen molar-refractivity contribution in [2.75, 3.05) is 23.9 Å². The summed E-state index contributed by atoms with van der Waals surface area (Å²) in [6.45, 7) is 8.99. The summed E-state index contributed by atoms with van der Waals surface area (Å²) < 4.78 is 5.40. The highest BCUT2D eigenvalue weighted by molar-refractivity contribution is 7.98. The minimum absolute atomic E-state index is 0.00522. The third-order valence-electron chi connectivity index (χ3n) is 6.02. The molecule has 8 nitrogen and oxygen atoms in total. The van der Waals surface area contributed by atoms with E-state index in [1.807, 2.05) is 42.7 Å². The molecule has 0 heterocycles. The van der Waals surface area contributed by atoms with E-state index in [2.05, 4.69) is 17.2 Å². The lowest BCUT2D eigenvalue weighted by molar-refractivity contribution is -0.140. The molecule has 0 fully saturated rings. The Bertz CT molecular complexity index is 1350. The highest BCUT2D eigenvalue weighted by Gasteiger charge is 2.37. The Morgan fingerprint density at radius 2 is 1.73 bits per heavy atom. The molecule has 2 unspecified atom stereocenters. The fraction of sp³-hybridized carbons (Fsp3) is 0.323. The summed E-state index contributed by atoms with van der Waals surface area (Å²) in [4.78, 5) is 41.9. The molecule has 0 aromatic heterocycles. The molecule has 0 saturated heterocycles. The summed E-state index contributed by atoms with van der Waals surface area (Å²) in [6, 6.07) is 17.5. The number of para-hydroxylation sites is 1. The zero-order chi connectivity index (χ0) is 29.3. The average molecular weight is 564 g/mol. The first kappa shape index (κ1) is 30.6. The van der Waals surface area contributed by atoms with Crippen molar-refractivity contribution in [3.63, 3.8) is 0 Å². The summed E-state index contributed by atoms with van der Waals surface area (Å²) in [7, 11) is 0. The molecular formula is C31H37N3O5S. The summed E-state index contributed by atoms with van der Waals surface area (Å²) in [6.07, 6.45) is 2.99. The van der Waals surface area contributed by atoms with Crippen molar-refractivity contribution in [1.82, 2.24) is 10.2 Å². The largest absolute Gasteiger partial charge is 0.508 e. The van der Waals surface area contributed by atoms with Gasteiger partial charge in [-0.15, -0.1) is 6.58 Å². The molecule has 3 aromatic rings. The molecule has 0 aliphatic heterocycles. The number of phenolic OH excluding ortho intramolecular Hbond substituents is 1. The number of nitrogens with zero attached hydrogens (tertiary/aromatic N) is 1. The van der Waals surface area contributed by atoms with Crippen LogP contribution in [0.15, 0.2) is 79.4 Å². The maximum absolute atomic E-state index is 14.0. The normalized spacial score (nSPS) is 12.7. The number of benzene rings is 3. The van der Waals surface area contributed by atoms with E-state index in [4.69, 9.17) is 4.74 Å². The predicted octanol–water partition coefficient (Wildman–Crippen LogP) is 5.89. The summed E-state index contributed by atoms with van der Waals surface area (Å²) >= 11 is 1.53. The van der Waals surface area contributed by atoms with Gasteiger partial charge in [-0.3, -0.25) is 9.59 Å². The van der Waals surface area contributed by atoms with E-state index in [1.54, 1.807) is 45.0 Å². The number of hydrogen-bond acceptors (Lipinski definition) is 6. The topological polar surface area (TPSA) is 108 Å². The lowest BCUT2D eigenvalue weighted by Crippen LogP contribution is -2.52. The molecule has 3 N–H and O–H groups in total. The van der Waals surface area contributed by atoms with E-state index in [9.17, 15) is 19.5 Å². The predicted molar refractivity (Wildman–Crippen MR) is 161 cm³/mol. The van der Waals surface area contributed by atoms with Crippen LogP contribution >= 0.6 is 11.8 Å². The van der Waals surface area contributed by atoms with Crippen molar-refractivity contribution in [3.05, 3.63) is 84.9 Å². The van der Waals surface area contributed by atoms with Gasteiger partial charge in [0.05, 0.1) is 0 Å². The maximum atomic E-state index is 14.0. The highest BCUT2D eigenvalue weighted by atomic mass is 32.2. The number of anilines is 1. The summed E-state index contributed by atoms with van der Waals surface area (Å²) in [5.41, 5.74) is 0.0358. The van der Waals surface area contributed by atoms with Gasteiger partial charge in [-0.05, 0) is 68.2 Å². The van der Waals surface area contributed by atoms with Gasteiger partial charge in [-0.2, -0.15) is 11.8 Å². The third-order valence-corrected chi connectivity index (χ3v) is 6.66. The van der Waals surface area contributed by atoms with Gasteiger partial charge in [-0.25, -0.2) is 4.79 Å². The molecular weight excluding hydrogens is 526 g/mol. The number of fused-ring (bicyclic) bond motifs is 1. The molecule has 3 aromatic carbocycles. The Morgan fingerprint density at radius 1 is 1.05 bits per heavy atom. The Morgan fingerprint density at radius 3 is 2.38 bits per heavy atom. The Balaban J connectivity index is 2.00. The number of carbonyl (C=O) groups is 3. The number of ether oxygens (including phenoxy) is 1. The number of aromatic hydroxyl groups is 1. The lowest BCUT2D eigenvalue weighted by atomic mass is 10.0. The highest BCUT2D eigenvalue weighted by Crippen LogP contribution is 2.31. The van der Waals surface area contributed by atoms with Crippen LogP contribution in [0.3, 0.4) is 0 Å². The van der Waals surface area contributed by atoms with Gasteiger partial charge in [0.1, 0.15) is 23.4 Å². The number of hydrogen-bond donors (Lipinski definition) is 3. The third kappa shape index (κ3) is 8.26. The summed E-state index contributed by atoms with van der Waals surface area (Å²) in [5.74, 6) is -0.572. The smallest absolute Gasteiger partial charge is 0.408 e.